The molecule has 0 atom stereocenters. The van der Waals surface area contributed by atoms with Gasteiger partial charge in [0, 0.05) is 18.7 Å². The highest BCUT2D eigenvalue weighted by molar-refractivity contribution is 5.95. The first kappa shape index (κ1) is 15.4. The molecule has 114 valence electrons. The number of non-ortho nitro benzene ring substituents is 1. The highest BCUT2D eigenvalue weighted by Crippen LogP contribution is 2.24. The number of nitro groups is 1. The Labute approximate surface area is 122 Å². The van der Waals surface area contributed by atoms with Crippen molar-refractivity contribution in [3.8, 4) is 0 Å². The highest BCUT2D eigenvalue weighted by atomic mass is 19.1. The standard InChI is InChI=1S/C15H19FN2O3/c1-10-7-12(18(20)21)8-13(14(10)16)15(19)17-9-11-5-3-2-4-6-11/h7-8,11H,2-6,9H2,1H3,(H,17,19). The minimum absolute atomic E-state index is 0.104. The molecule has 1 aromatic rings. The van der Waals surface area contributed by atoms with Crippen LogP contribution < -0.4 is 5.32 Å². The monoisotopic (exact) mass is 294 g/mol. The number of carbonyl (C=O) groups excluding carboxylic acids is 1. The Balaban J connectivity index is 2.09. The van der Waals surface area contributed by atoms with Crippen LogP contribution in [0.3, 0.4) is 0 Å². The Morgan fingerprint density at radius 3 is 2.67 bits per heavy atom. The molecule has 1 aliphatic rings. The van der Waals surface area contributed by atoms with Gasteiger partial charge >= 0.3 is 0 Å². The summed E-state index contributed by atoms with van der Waals surface area (Å²) < 4.78 is 14.0. The maximum absolute atomic E-state index is 14.0. The minimum atomic E-state index is -0.693. The smallest absolute Gasteiger partial charge is 0.270 e. The van der Waals surface area contributed by atoms with E-state index < -0.39 is 16.6 Å². The van der Waals surface area contributed by atoms with Gasteiger partial charge in [-0.3, -0.25) is 14.9 Å². The van der Waals surface area contributed by atoms with Crippen molar-refractivity contribution < 1.29 is 14.1 Å². The fraction of sp³-hybridized carbons (Fsp3) is 0.533. The average Bonchev–Trinajstić information content (AvgIpc) is 2.48. The van der Waals surface area contributed by atoms with E-state index >= 15 is 0 Å². The summed E-state index contributed by atoms with van der Waals surface area (Å²) in [6.45, 7) is 1.92. The van der Waals surface area contributed by atoms with E-state index in [-0.39, 0.29) is 16.8 Å². The van der Waals surface area contributed by atoms with Crippen LogP contribution in [0.5, 0.6) is 0 Å². The van der Waals surface area contributed by atoms with Gasteiger partial charge < -0.3 is 5.32 Å². The van der Waals surface area contributed by atoms with Crippen molar-refractivity contribution in [2.24, 2.45) is 5.92 Å². The first-order valence-corrected chi connectivity index (χ1v) is 7.21. The van der Waals surface area contributed by atoms with Crippen LogP contribution in [0.1, 0.15) is 48.0 Å². The lowest BCUT2D eigenvalue weighted by Gasteiger charge is -2.21. The van der Waals surface area contributed by atoms with Gasteiger partial charge in [-0.2, -0.15) is 0 Å². The van der Waals surface area contributed by atoms with Gasteiger partial charge in [-0.15, -0.1) is 0 Å². The molecular formula is C15H19FN2O3. The van der Waals surface area contributed by atoms with Crippen molar-refractivity contribution in [3.05, 3.63) is 39.2 Å². The maximum Gasteiger partial charge on any atom is 0.270 e. The molecule has 2 rings (SSSR count). The topological polar surface area (TPSA) is 72.2 Å². The van der Waals surface area contributed by atoms with E-state index in [4.69, 9.17) is 0 Å². The number of aryl methyl sites for hydroxylation is 1. The lowest BCUT2D eigenvalue weighted by Crippen LogP contribution is -2.31. The lowest BCUT2D eigenvalue weighted by atomic mass is 9.89. The van der Waals surface area contributed by atoms with Crippen molar-refractivity contribution in [3.63, 3.8) is 0 Å². The Morgan fingerprint density at radius 2 is 2.05 bits per heavy atom. The number of rotatable bonds is 4. The first-order valence-electron chi connectivity index (χ1n) is 7.21. The fourth-order valence-corrected chi connectivity index (χ4v) is 2.74. The number of nitrogens with zero attached hydrogens (tertiary/aromatic N) is 1. The molecule has 0 radical (unpaired) electrons. The Bertz CT molecular complexity index is 554. The summed E-state index contributed by atoms with van der Waals surface area (Å²) in [4.78, 5) is 22.2. The third-order valence-electron chi connectivity index (χ3n) is 3.97. The molecule has 21 heavy (non-hydrogen) atoms. The fourth-order valence-electron chi connectivity index (χ4n) is 2.74. The molecule has 0 spiro atoms. The van der Waals surface area contributed by atoms with E-state index in [0.29, 0.717) is 12.5 Å². The summed E-state index contributed by atoms with van der Waals surface area (Å²) in [6, 6.07) is 2.13. The van der Waals surface area contributed by atoms with Crippen molar-refractivity contribution in [2.45, 2.75) is 39.0 Å². The zero-order chi connectivity index (χ0) is 15.4. The summed E-state index contributed by atoms with van der Waals surface area (Å²) in [5, 5.41) is 13.5. The van der Waals surface area contributed by atoms with Gasteiger partial charge in [0.2, 0.25) is 0 Å². The van der Waals surface area contributed by atoms with Crippen LogP contribution in [0.2, 0.25) is 0 Å². The maximum atomic E-state index is 14.0. The minimum Gasteiger partial charge on any atom is -0.352 e. The molecule has 6 heteroatoms. The number of carbonyl (C=O) groups is 1. The quantitative estimate of drug-likeness (QED) is 0.683. The molecule has 1 amide bonds. The van der Waals surface area contributed by atoms with Gasteiger partial charge in [0.1, 0.15) is 5.82 Å². The van der Waals surface area contributed by atoms with E-state index in [2.05, 4.69) is 5.32 Å². The number of hydrogen-bond acceptors (Lipinski definition) is 3. The van der Waals surface area contributed by atoms with Gasteiger partial charge in [0.15, 0.2) is 0 Å². The molecule has 1 N–H and O–H groups in total. The second kappa shape index (κ2) is 6.65. The van der Waals surface area contributed by atoms with Gasteiger partial charge in [-0.1, -0.05) is 19.3 Å². The summed E-state index contributed by atoms with van der Waals surface area (Å²) >= 11 is 0. The van der Waals surface area contributed by atoms with E-state index in [1.54, 1.807) is 0 Å². The molecule has 1 fully saturated rings. The molecule has 0 aromatic heterocycles. The zero-order valence-corrected chi connectivity index (χ0v) is 12.0. The SMILES string of the molecule is Cc1cc([N+](=O)[O-])cc(C(=O)NCC2CCCCC2)c1F. The van der Waals surface area contributed by atoms with Gasteiger partial charge in [0.25, 0.3) is 11.6 Å². The van der Waals surface area contributed by atoms with Crippen molar-refractivity contribution in [1.29, 1.82) is 0 Å². The number of amides is 1. The second-order valence-electron chi connectivity index (χ2n) is 5.60. The molecule has 5 nitrogen and oxygen atoms in total. The number of nitrogens with one attached hydrogen (secondary N) is 1. The molecule has 0 bridgehead atoms. The first-order chi connectivity index (χ1) is 9.99. The van der Waals surface area contributed by atoms with E-state index in [1.165, 1.54) is 13.3 Å². The largest absolute Gasteiger partial charge is 0.352 e. The van der Waals surface area contributed by atoms with Crippen molar-refractivity contribution in [1.82, 2.24) is 5.32 Å². The van der Waals surface area contributed by atoms with Gasteiger partial charge in [0.05, 0.1) is 10.5 Å². The third-order valence-corrected chi connectivity index (χ3v) is 3.97. The summed E-state index contributed by atoms with van der Waals surface area (Å²) in [5.74, 6) is -0.850. The normalized spacial score (nSPS) is 15.7. The molecule has 1 aromatic carbocycles. The van der Waals surface area contributed by atoms with Gasteiger partial charge in [-0.05, 0) is 31.2 Å². The third kappa shape index (κ3) is 3.77. The van der Waals surface area contributed by atoms with Crippen molar-refractivity contribution >= 4 is 11.6 Å². The summed E-state index contributed by atoms with van der Waals surface area (Å²) in [5.41, 5.74) is -0.416. The molecule has 0 heterocycles. The second-order valence-corrected chi connectivity index (χ2v) is 5.60. The molecule has 1 saturated carbocycles. The molecule has 1 aliphatic carbocycles. The van der Waals surface area contributed by atoms with Crippen molar-refractivity contribution in [2.75, 3.05) is 6.54 Å². The lowest BCUT2D eigenvalue weighted by molar-refractivity contribution is -0.385. The average molecular weight is 294 g/mol. The molecular weight excluding hydrogens is 275 g/mol. The van der Waals surface area contributed by atoms with Crippen LogP contribution in [-0.4, -0.2) is 17.4 Å². The Hall–Kier alpha value is -1.98. The number of hydrogen-bond donors (Lipinski definition) is 1. The van der Waals surface area contributed by atoms with Crippen LogP contribution >= 0.6 is 0 Å². The molecule has 0 unspecified atom stereocenters. The van der Waals surface area contributed by atoms with E-state index in [9.17, 15) is 19.3 Å². The number of nitro benzene ring substituents is 1. The molecule has 0 saturated heterocycles. The van der Waals surface area contributed by atoms with Crippen LogP contribution in [0.15, 0.2) is 12.1 Å². The number of benzene rings is 1. The number of halogens is 1. The zero-order valence-electron chi connectivity index (χ0n) is 12.0. The summed E-state index contributed by atoms with van der Waals surface area (Å²) in [6.07, 6.45) is 5.67. The van der Waals surface area contributed by atoms with Crippen LogP contribution in [0, 0.1) is 28.8 Å². The molecule has 0 aliphatic heterocycles. The predicted octanol–water partition coefficient (Wildman–Crippen LogP) is 3.35. The van der Waals surface area contributed by atoms with Gasteiger partial charge in [-0.25, -0.2) is 4.39 Å². The predicted molar refractivity (Wildman–Crippen MR) is 76.7 cm³/mol. The van der Waals surface area contributed by atoms with Crippen LogP contribution in [0.25, 0.3) is 0 Å². The van der Waals surface area contributed by atoms with E-state index in [0.717, 1.165) is 37.8 Å². The highest BCUT2D eigenvalue weighted by Gasteiger charge is 2.21. The Morgan fingerprint density at radius 1 is 1.38 bits per heavy atom. The summed E-state index contributed by atoms with van der Waals surface area (Å²) in [7, 11) is 0. The van der Waals surface area contributed by atoms with Crippen LogP contribution in [-0.2, 0) is 0 Å². The Kier molecular flexibility index (Phi) is 4.88. The van der Waals surface area contributed by atoms with E-state index in [1.807, 2.05) is 0 Å². The van der Waals surface area contributed by atoms with Crippen LogP contribution in [0.4, 0.5) is 10.1 Å².